The molecule has 0 fully saturated rings. The predicted octanol–water partition coefficient (Wildman–Crippen LogP) is 4.16. The molecule has 1 amide bonds. The molecule has 4 N–H and O–H groups in total. The Bertz CT molecular complexity index is 370. The fourth-order valence-corrected chi connectivity index (χ4v) is 2.65. The quantitative estimate of drug-likeness (QED) is 0.270. The zero-order chi connectivity index (χ0) is 18.8. The van der Waals surface area contributed by atoms with E-state index in [1.165, 1.54) is 32.1 Å². The standard InChI is InChI=1S/C20H38N2O3/c1-2-3-4-5-6-7-8-9-10-11-12-16-19(23)22-18(20(24)25)15-13-14-17-21/h5-6,18H,2-4,7-17,21H2,1H3,(H,22,23)(H,24,25)/b6-5-/t18-/m0/s1. The summed E-state index contributed by atoms with van der Waals surface area (Å²) in [5.74, 6) is -1.11. The number of allylic oxidation sites excluding steroid dienone is 2. The van der Waals surface area contributed by atoms with Crippen molar-refractivity contribution < 1.29 is 14.7 Å². The first-order valence-electron chi connectivity index (χ1n) is 9.99. The fourth-order valence-electron chi connectivity index (χ4n) is 2.65. The lowest BCUT2D eigenvalue weighted by molar-refractivity contribution is -0.142. The second-order valence-electron chi connectivity index (χ2n) is 6.66. The molecule has 0 aliphatic rings. The van der Waals surface area contributed by atoms with E-state index >= 15 is 0 Å². The van der Waals surface area contributed by atoms with Crippen LogP contribution in [0.25, 0.3) is 0 Å². The Morgan fingerprint density at radius 2 is 1.60 bits per heavy atom. The van der Waals surface area contributed by atoms with E-state index in [-0.39, 0.29) is 5.91 Å². The summed E-state index contributed by atoms with van der Waals surface area (Å²) in [5.41, 5.74) is 5.41. The highest BCUT2D eigenvalue weighted by atomic mass is 16.4. The van der Waals surface area contributed by atoms with Gasteiger partial charge in [0.15, 0.2) is 0 Å². The molecule has 146 valence electrons. The van der Waals surface area contributed by atoms with Gasteiger partial charge in [-0.3, -0.25) is 4.79 Å². The average molecular weight is 355 g/mol. The lowest BCUT2D eigenvalue weighted by Gasteiger charge is -2.14. The molecule has 0 heterocycles. The highest BCUT2D eigenvalue weighted by Crippen LogP contribution is 2.09. The minimum absolute atomic E-state index is 0.154. The average Bonchev–Trinajstić information content (AvgIpc) is 2.58. The third-order valence-electron chi connectivity index (χ3n) is 4.25. The topological polar surface area (TPSA) is 92.4 Å². The Balaban J connectivity index is 3.61. The van der Waals surface area contributed by atoms with Crippen LogP contribution in [0.4, 0.5) is 0 Å². The van der Waals surface area contributed by atoms with E-state index < -0.39 is 12.0 Å². The van der Waals surface area contributed by atoms with Gasteiger partial charge >= 0.3 is 5.97 Å². The molecule has 0 aliphatic carbocycles. The Hall–Kier alpha value is -1.36. The van der Waals surface area contributed by atoms with Crippen molar-refractivity contribution in [2.45, 2.75) is 96.4 Å². The number of unbranched alkanes of at least 4 members (excludes halogenated alkanes) is 8. The third-order valence-corrected chi connectivity index (χ3v) is 4.25. The van der Waals surface area contributed by atoms with Crippen LogP contribution >= 0.6 is 0 Å². The van der Waals surface area contributed by atoms with Crippen LogP contribution in [-0.2, 0) is 9.59 Å². The number of carbonyl (C=O) groups excluding carboxylic acids is 1. The Morgan fingerprint density at radius 1 is 0.960 bits per heavy atom. The number of aliphatic carboxylic acids is 1. The highest BCUT2D eigenvalue weighted by Gasteiger charge is 2.18. The van der Waals surface area contributed by atoms with E-state index in [0.717, 1.165) is 38.5 Å². The van der Waals surface area contributed by atoms with Crippen LogP contribution in [0.2, 0.25) is 0 Å². The van der Waals surface area contributed by atoms with Gasteiger partial charge in [0.05, 0.1) is 0 Å². The third kappa shape index (κ3) is 15.9. The lowest BCUT2D eigenvalue weighted by atomic mass is 10.1. The summed E-state index contributed by atoms with van der Waals surface area (Å²) in [7, 11) is 0. The first-order chi connectivity index (χ1) is 12.1. The van der Waals surface area contributed by atoms with Gasteiger partial charge in [-0.05, 0) is 51.5 Å². The number of nitrogens with one attached hydrogen (secondary N) is 1. The number of rotatable bonds is 17. The smallest absolute Gasteiger partial charge is 0.326 e. The van der Waals surface area contributed by atoms with Gasteiger partial charge < -0.3 is 16.2 Å². The van der Waals surface area contributed by atoms with Crippen molar-refractivity contribution in [3.63, 3.8) is 0 Å². The lowest BCUT2D eigenvalue weighted by Crippen LogP contribution is -2.40. The van der Waals surface area contributed by atoms with Crippen molar-refractivity contribution >= 4 is 11.9 Å². The molecule has 0 aromatic rings. The molecule has 25 heavy (non-hydrogen) atoms. The van der Waals surface area contributed by atoms with Crippen LogP contribution in [-0.4, -0.2) is 29.6 Å². The SMILES string of the molecule is CCCC/C=C\CCCCCCCC(=O)N[C@@H](CCCCN)C(=O)O. The summed E-state index contributed by atoms with van der Waals surface area (Å²) in [5, 5.41) is 11.8. The van der Waals surface area contributed by atoms with Crippen molar-refractivity contribution in [1.29, 1.82) is 0 Å². The largest absolute Gasteiger partial charge is 0.480 e. The molecule has 0 saturated carbocycles. The van der Waals surface area contributed by atoms with E-state index in [1.807, 2.05) is 0 Å². The van der Waals surface area contributed by atoms with Crippen LogP contribution in [0.5, 0.6) is 0 Å². The minimum atomic E-state index is -0.961. The zero-order valence-electron chi connectivity index (χ0n) is 16.0. The summed E-state index contributed by atoms with van der Waals surface area (Å²) in [6.45, 7) is 2.76. The van der Waals surface area contributed by atoms with Crippen molar-refractivity contribution in [2.24, 2.45) is 5.73 Å². The van der Waals surface area contributed by atoms with Crippen molar-refractivity contribution in [2.75, 3.05) is 6.54 Å². The molecule has 0 aromatic carbocycles. The number of nitrogens with two attached hydrogens (primary N) is 1. The molecular weight excluding hydrogens is 316 g/mol. The number of hydrogen-bond donors (Lipinski definition) is 3. The van der Waals surface area contributed by atoms with Gasteiger partial charge in [0.1, 0.15) is 6.04 Å². The monoisotopic (exact) mass is 354 g/mol. The van der Waals surface area contributed by atoms with Crippen molar-refractivity contribution in [3.05, 3.63) is 12.2 Å². The molecule has 1 atom stereocenters. The van der Waals surface area contributed by atoms with E-state index in [4.69, 9.17) is 10.8 Å². The van der Waals surface area contributed by atoms with Crippen LogP contribution in [0.15, 0.2) is 12.2 Å². The van der Waals surface area contributed by atoms with Gasteiger partial charge in [-0.25, -0.2) is 4.79 Å². The normalized spacial score (nSPS) is 12.4. The molecule has 0 bridgehead atoms. The molecule has 0 saturated heterocycles. The summed E-state index contributed by atoms with van der Waals surface area (Å²) in [6, 6.07) is -0.779. The molecule has 5 nitrogen and oxygen atoms in total. The second-order valence-corrected chi connectivity index (χ2v) is 6.66. The predicted molar refractivity (Wildman–Crippen MR) is 103 cm³/mol. The maximum atomic E-state index is 11.8. The summed E-state index contributed by atoms with van der Waals surface area (Å²) < 4.78 is 0. The fraction of sp³-hybridized carbons (Fsp3) is 0.800. The van der Waals surface area contributed by atoms with Crippen LogP contribution < -0.4 is 11.1 Å². The first kappa shape index (κ1) is 23.6. The summed E-state index contributed by atoms with van der Waals surface area (Å²) in [6.07, 6.45) is 17.2. The molecule has 0 aromatic heterocycles. The van der Waals surface area contributed by atoms with Crippen molar-refractivity contribution in [1.82, 2.24) is 5.32 Å². The zero-order valence-corrected chi connectivity index (χ0v) is 16.0. The van der Waals surface area contributed by atoms with Gasteiger partial charge in [-0.1, -0.05) is 51.2 Å². The molecule has 0 unspecified atom stereocenters. The Kier molecular flexibility index (Phi) is 16.5. The Labute approximate surface area is 153 Å². The summed E-state index contributed by atoms with van der Waals surface area (Å²) >= 11 is 0. The van der Waals surface area contributed by atoms with E-state index in [0.29, 0.717) is 19.4 Å². The number of carbonyl (C=O) groups is 2. The number of amides is 1. The van der Waals surface area contributed by atoms with E-state index in [1.54, 1.807) is 0 Å². The van der Waals surface area contributed by atoms with Crippen LogP contribution in [0, 0.1) is 0 Å². The minimum Gasteiger partial charge on any atom is -0.480 e. The molecular formula is C20H38N2O3. The molecule has 0 radical (unpaired) electrons. The number of carboxylic acid groups (broad SMARTS) is 1. The Morgan fingerprint density at radius 3 is 2.24 bits per heavy atom. The van der Waals surface area contributed by atoms with Gasteiger partial charge in [-0.2, -0.15) is 0 Å². The van der Waals surface area contributed by atoms with Gasteiger partial charge in [0.25, 0.3) is 0 Å². The summed E-state index contributed by atoms with van der Waals surface area (Å²) in [4.78, 5) is 23.0. The maximum absolute atomic E-state index is 11.8. The van der Waals surface area contributed by atoms with Crippen LogP contribution in [0.3, 0.4) is 0 Å². The van der Waals surface area contributed by atoms with Gasteiger partial charge in [0, 0.05) is 6.42 Å². The van der Waals surface area contributed by atoms with Crippen LogP contribution in [0.1, 0.15) is 90.4 Å². The van der Waals surface area contributed by atoms with Gasteiger partial charge in [0.2, 0.25) is 5.91 Å². The van der Waals surface area contributed by atoms with E-state index in [2.05, 4.69) is 24.4 Å². The second kappa shape index (κ2) is 17.5. The van der Waals surface area contributed by atoms with E-state index in [9.17, 15) is 9.59 Å². The molecule has 0 rings (SSSR count). The molecule has 5 heteroatoms. The number of carboxylic acids is 1. The van der Waals surface area contributed by atoms with Gasteiger partial charge in [-0.15, -0.1) is 0 Å². The molecule has 0 spiro atoms. The maximum Gasteiger partial charge on any atom is 0.326 e. The highest BCUT2D eigenvalue weighted by molar-refractivity contribution is 5.83. The number of hydrogen-bond acceptors (Lipinski definition) is 3. The molecule has 0 aliphatic heterocycles. The van der Waals surface area contributed by atoms with Crippen molar-refractivity contribution in [3.8, 4) is 0 Å². The first-order valence-corrected chi connectivity index (χ1v) is 9.99.